The van der Waals surface area contributed by atoms with E-state index in [1.165, 1.54) is 17.7 Å². The Kier molecular flexibility index (Phi) is 4.58. The zero-order valence-electron chi connectivity index (χ0n) is 14.3. The molecule has 0 aliphatic carbocycles. The lowest BCUT2D eigenvalue weighted by Gasteiger charge is -2.25. The van der Waals surface area contributed by atoms with Gasteiger partial charge in [0.25, 0.3) is 0 Å². The van der Waals surface area contributed by atoms with E-state index in [2.05, 4.69) is 25.9 Å². The van der Waals surface area contributed by atoms with Gasteiger partial charge in [0.1, 0.15) is 5.82 Å². The van der Waals surface area contributed by atoms with E-state index in [0.29, 0.717) is 0 Å². The minimum atomic E-state index is -0.259. The van der Waals surface area contributed by atoms with Gasteiger partial charge in [0.2, 0.25) is 5.95 Å². The van der Waals surface area contributed by atoms with E-state index in [4.69, 9.17) is 5.73 Å². The van der Waals surface area contributed by atoms with Crippen LogP contribution in [0.15, 0.2) is 55.0 Å². The fourth-order valence-electron chi connectivity index (χ4n) is 3.57. The number of anilines is 1. The molecule has 0 amide bonds. The molecular formula is C20H20FN5. The molecule has 0 saturated carbocycles. The van der Waals surface area contributed by atoms with Crippen molar-refractivity contribution in [1.82, 2.24) is 19.9 Å². The number of hydrogen-bond donors (Lipinski definition) is 1. The topological polar surface area (TPSA) is 67.9 Å². The molecule has 6 heteroatoms. The van der Waals surface area contributed by atoms with E-state index in [0.717, 1.165) is 42.8 Å². The molecule has 2 aromatic heterocycles. The summed E-state index contributed by atoms with van der Waals surface area (Å²) in [7, 11) is 0. The zero-order valence-corrected chi connectivity index (χ0v) is 14.3. The molecular weight excluding hydrogens is 329 g/mol. The molecule has 0 spiro atoms. The maximum Gasteiger partial charge on any atom is 0.220 e. The summed E-state index contributed by atoms with van der Waals surface area (Å²) in [4.78, 5) is 15.3. The second-order valence-electron chi connectivity index (χ2n) is 6.52. The third-order valence-electron chi connectivity index (χ3n) is 4.78. The highest BCUT2D eigenvalue weighted by atomic mass is 19.1. The van der Waals surface area contributed by atoms with Gasteiger partial charge in [0.15, 0.2) is 0 Å². The number of nitrogens with zero attached hydrogens (tertiary/aromatic N) is 4. The van der Waals surface area contributed by atoms with Crippen LogP contribution in [0.1, 0.15) is 30.1 Å². The summed E-state index contributed by atoms with van der Waals surface area (Å²) in [6.45, 7) is 1.80. The quantitative estimate of drug-likeness (QED) is 0.779. The predicted molar refractivity (Wildman–Crippen MR) is 98.5 cm³/mol. The number of pyridine rings is 1. The summed E-state index contributed by atoms with van der Waals surface area (Å²) >= 11 is 0. The highest BCUT2D eigenvalue weighted by Gasteiger charge is 2.29. The van der Waals surface area contributed by atoms with Crippen LogP contribution in [-0.2, 0) is 6.54 Å². The van der Waals surface area contributed by atoms with Crippen LogP contribution in [0.2, 0.25) is 0 Å². The van der Waals surface area contributed by atoms with Gasteiger partial charge in [0.05, 0.1) is 11.7 Å². The minimum Gasteiger partial charge on any atom is -0.368 e. The molecule has 1 aromatic carbocycles. The van der Waals surface area contributed by atoms with Gasteiger partial charge in [-0.05, 0) is 48.7 Å². The number of halogens is 1. The van der Waals surface area contributed by atoms with E-state index in [9.17, 15) is 4.39 Å². The van der Waals surface area contributed by atoms with Gasteiger partial charge in [-0.3, -0.25) is 9.88 Å². The molecule has 4 rings (SSSR count). The lowest BCUT2D eigenvalue weighted by Crippen LogP contribution is -2.24. The average molecular weight is 349 g/mol. The molecule has 3 aromatic rings. The number of likely N-dealkylation sites (tertiary alicyclic amines) is 1. The van der Waals surface area contributed by atoms with E-state index in [1.54, 1.807) is 24.5 Å². The highest BCUT2D eigenvalue weighted by Crippen LogP contribution is 2.37. The van der Waals surface area contributed by atoms with Crippen LogP contribution in [0.3, 0.4) is 0 Å². The number of nitrogen functional groups attached to an aromatic ring is 1. The smallest absolute Gasteiger partial charge is 0.220 e. The van der Waals surface area contributed by atoms with E-state index in [1.807, 2.05) is 12.3 Å². The molecule has 0 bridgehead atoms. The molecule has 1 aliphatic rings. The van der Waals surface area contributed by atoms with Gasteiger partial charge in [-0.2, -0.15) is 0 Å². The first-order valence-electron chi connectivity index (χ1n) is 8.72. The van der Waals surface area contributed by atoms with Crippen molar-refractivity contribution in [3.05, 3.63) is 72.1 Å². The molecule has 0 radical (unpaired) electrons. The average Bonchev–Trinajstić information content (AvgIpc) is 3.11. The number of rotatable bonds is 4. The second-order valence-corrected chi connectivity index (χ2v) is 6.52. The largest absolute Gasteiger partial charge is 0.368 e. The number of nitrogens with two attached hydrogens (primary N) is 1. The molecule has 5 nitrogen and oxygen atoms in total. The standard InChI is InChI=1S/C20H20FN5/c21-16-7-5-15(6-8-16)17-12-24-20(22)25-19(17)18-4-2-10-26(18)13-14-3-1-9-23-11-14/h1,3,5-9,11-12,18H,2,4,10,13H2,(H2,22,24,25)/t18-/m1/s1. The van der Waals surface area contributed by atoms with Crippen LogP contribution in [0.25, 0.3) is 11.1 Å². The van der Waals surface area contributed by atoms with Gasteiger partial charge in [0, 0.05) is 30.7 Å². The predicted octanol–water partition coefficient (Wildman–Crippen LogP) is 3.60. The summed E-state index contributed by atoms with van der Waals surface area (Å²) in [5.41, 5.74) is 9.77. The van der Waals surface area contributed by atoms with Crippen molar-refractivity contribution >= 4 is 5.95 Å². The number of aromatic nitrogens is 3. The molecule has 3 heterocycles. The Morgan fingerprint density at radius 3 is 2.77 bits per heavy atom. The lowest BCUT2D eigenvalue weighted by molar-refractivity contribution is 0.244. The Morgan fingerprint density at radius 1 is 1.15 bits per heavy atom. The Balaban J connectivity index is 1.69. The Labute approximate surface area is 151 Å². The molecule has 1 atom stereocenters. The van der Waals surface area contributed by atoms with E-state index >= 15 is 0 Å². The third kappa shape index (κ3) is 3.41. The van der Waals surface area contributed by atoms with Gasteiger partial charge >= 0.3 is 0 Å². The summed E-state index contributed by atoms with van der Waals surface area (Å²) in [6, 6.07) is 10.6. The first-order valence-corrected chi connectivity index (χ1v) is 8.72. The van der Waals surface area contributed by atoms with Crippen molar-refractivity contribution in [3.8, 4) is 11.1 Å². The molecule has 0 unspecified atom stereocenters. The highest BCUT2D eigenvalue weighted by molar-refractivity contribution is 5.66. The normalized spacial score (nSPS) is 17.5. The fourth-order valence-corrected chi connectivity index (χ4v) is 3.57. The van der Waals surface area contributed by atoms with Gasteiger partial charge in [-0.15, -0.1) is 0 Å². The zero-order chi connectivity index (χ0) is 17.9. The SMILES string of the molecule is Nc1ncc(-c2ccc(F)cc2)c([C@H]2CCCN2Cc2cccnc2)n1. The first kappa shape index (κ1) is 16.6. The van der Waals surface area contributed by atoms with Gasteiger partial charge in [-0.25, -0.2) is 14.4 Å². The summed E-state index contributed by atoms with van der Waals surface area (Å²) in [5.74, 6) is 0.00447. The lowest BCUT2D eigenvalue weighted by atomic mass is 9.99. The van der Waals surface area contributed by atoms with E-state index in [-0.39, 0.29) is 17.8 Å². The van der Waals surface area contributed by atoms with Crippen molar-refractivity contribution in [2.24, 2.45) is 0 Å². The van der Waals surface area contributed by atoms with E-state index < -0.39 is 0 Å². The van der Waals surface area contributed by atoms with Crippen molar-refractivity contribution in [3.63, 3.8) is 0 Å². The van der Waals surface area contributed by atoms with Crippen LogP contribution in [0.4, 0.5) is 10.3 Å². The molecule has 2 N–H and O–H groups in total. The molecule has 1 aliphatic heterocycles. The van der Waals surface area contributed by atoms with Crippen LogP contribution in [-0.4, -0.2) is 26.4 Å². The summed E-state index contributed by atoms with van der Waals surface area (Å²) < 4.78 is 13.3. The van der Waals surface area contributed by atoms with Crippen molar-refractivity contribution in [1.29, 1.82) is 0 Å². The first-order chi connectivity index (χ1) is 12.7. The Morgan fingerprint density at radius 2 is 2.00 bits per heavy atom. The van der Waals surface area contributed by atoms with Gasteiger partial charge in [-0.1, -0.05) is 18.2 Å². The number of benzene rings is 1. The summed E-state index contributed by atoms with van der Waals surface area (Å²) in [6.07, 6.45) is 7.52. The monoisotopic (exact) mass is 349 g/mol. The van der Waals surface area contributed by atoms with Crippen molar-refractivity contribution in [2.75, 3.05) is 12.3 Å². The maximum atomic E-state index is 13.3. The third-order valence-corrected chi connectivity index (χ3v) is 4.78. The maximum absolute atomic E-state index is 13.3. The van der Waals surface area contributed by atoms with Crippen molar-refractivity contribution in [2.45, 2.75) is 25.4 Å². The molecule has 26 heavy (non-hydrogen) atoms. The van der Waals surface area contributed by atoms with Crippen LogP contribution < -0.4 is 5.73 Å². The van der Waals surface area contributed by atoms with Crippen LogP contribution >= 0.6 is 0 Å². The summed E-state index contributed by atoms with van der Waals surface area (Å²) in [5, 5.41) is 0. The molecule has 1 fully saturated rings. The Hall–Kier alpha value is -2.86. The van der Waals surface area contributed by atoms with Gasteiger partial charge < -0.3 is 5.73 Å². The van der Waals surface area contributed by atoms with Crippen molar-refractivity contribution < 1.29 is 4.39 Å². The molecule has 132 valence electrons. The second kappa shape index (κ2) is 7.17. The Bertz CT molecular complexity index is 882. The molecule has 1 saturated heterocycles. The van der Waals surface area contributed by atoms with Crippen LogP contribution in [0, 0.1) is 5.82 Å². The number of hydrogen-bond acceptors (Lipinski definition) is 5. The van der Waals surface area contributed by atoms with Crippen LogP contribution in [0.5, 0.6) is 0 Å². The fraction of sp³-hybridized carbons (Fsp3) is 0.250. The minimum absolute atomic E-state index is 0.153.